The number of amides is 1. The molecule has 0 radical (unpaired) electrons. The number of aromatic nitrogens is 3. The van der Waals surface area contributed by atoms with Gasteiger partial charge in [-0.3, -0.25) is 24.6 Å². The van der Waals surface area contributed by atoms with Gasteiger partial charge in [-0.1, -0.05) is 18.2 Å². The first-order valence-electron chi connectivity index (χ1n) is 9.99. The summed E-state index contributed by atoms with van der Waals surface area (Å²) in [7, 11) is 0. The van der Waals surface area contributed by atoms with Gasteiger partial charge in [-0.05, 0) is 43.1 Å². The third-order valence-electron chi connectivity index (χ3n) is 5.20. The van der Waals surface area contributed by atoms with Gasteiger partial charge in [0.2, 0.25) is 5.91 Å². The lowest BCUT2D eigenvalue weighted by Crippen LogP contribution is -2.34. The van der Waals surface area contributed by atoms with Gasteiger partial charge in [-0.15, -0.1) is 0 Å². The maximum absolute atomic E-state index is 11.4. The van der Waals surface area contributed by atoms with E-state index in [0.717, 1.165) is 55.1 Å². The van der Waals surface area contributed by atoms with Crippen LogP contribution >= 0.6 is 0 Å². The molecule has 1 fully saturated rings. The summed E-state index contributed by atoms with van der Waals surface area (Å²) >= 11 is 0. The van der Waals surface area contributed by atoms with E-state index in [1.54, 1.807) is 12.4 Å². The van der Waals surface area contributed by atoms with Crippen LogP contribution < -0.4 is 5.32 Å². The number of piperidine rings is 1. The van der Waals surface area contributed by atoms with Crippen LogP contribution in [0.1, 0.15) is 36.9 Å². The standard InChI is InChI=1S/C23H25N5O/c1-17(29)27-21-8-2-6-19(13-21)22-23(26-11-10-25-22)20-7-4-12-28(16-20)15-18-5-3-9-24-14-18/h2-3,5-6,8-11,13-14,20H,4,7,12,15-16H2,1H3,(H,27,29). The molecule has 6 heteroatoms. The summed E-state index contributed by atoms with van der Waals surface area (Å²) < 4.78 is 0. The molecule has 0 spiro atoms. The van der Waals surface area contributed by atoms with Crippen molar-refractivity contribution < 1.29 is 4.79 Å². The fourth-order valence-corrected chi connectivity index (χ4v) is 3.99. The minimum absolute atomic E-state index is 0.0835. The van der Waals surface area contributed by atoms with Gasteiger partial charge in [0, 0.05) is 62.0 Å². The van der Waals surface area contributed by atoms with E-state index in [1.165, 1.54) is 12.5 Å². The number of carbonyl (C=O) groups excluding carboxylic acids is 1. The topological polar surface area (TPSA) is 71.0 Å². The minimum Gasteiger partial charge on any atom is -0.326 e. The van der Waals surface area contributed by atoms with Gasteiger partial charge in [-0.25, -0.2) is 0 Å². The summed E-state index contributed by atoms with van der Waals surface area (Å²) in [5, 5.41) is 2.85. The summed E-state index contributed by atoms with van der Waals surface area (Å²) in [6, 6.07) is 11.9. The second kappa shape index (κ2) is 8.92. The number of pyridine rings is 1. The van der Waals surface area contributed by atoms with Gasteiger partial charge < -0.3 is 5.32 Å². The summed E-state index contributed by atoms with van der Waals surface area (Å²) in [5.41, 5.74) is 4.91. The van der Waals surface area contributed by atoms with Gasteiger partial charge in [0.15, 0.2) is 0 Å². The molecule has 1 unspecified atom stereocenters. The maximum atomic E-state index is 11.4. The van der Waals surface area contributed by atoms with Crippen LogP contribution in [0.25, 0.3) is 11.3 Å². The Labute approximate surface area is 171 Å². The van der Waals surface area contributed by atoms with Crippen LogP contribution in [0.4, 0.5) is 5.69 Å². The molecule has 3 heterocycles. The number of carbonyl (C=O) groups is 1. The molecule has 1 amide bonds. The zero-order chi connectivity index (χ0) is 20.1. The number of benzene rings is 1. The van der Waals surface area contributed by atoms with E-state index in [4.69, 9.17) is 4.98 Å². The van der Waals surface area contributed by atoms with Gasteiger partial charge in [0.25, 0.3) is 0 Å². The van der Waals surface area contributed by atoms with Crippen LogP contribution in [0.2, 0.25) is 0 Å². The van der Waals surface area contributed by atoms with E-state index in [-0.39, 0.29) is 5.91 Å². The lowest BCUT2D eigenvalue weighted by Gasteiger charge is -2.33. The molecule has 1 saturated heterocycles. The van der Waals surface area contributed by atoms with Gasteiger partial charge in [0.1, 0.15) is 0 Å². The summed E-state index contributed by atoms with van der Waals surface area (Å²) in [6.45, 7) is 4.45. The second-order valence-corrected chi connectivity index (χ2v) is 7.49. The molecule has 1 N–H and O–H groups in total. The highest BCUT2D eigenvalue weighted by molar-refractivity contribution is 5.89. The molecule has 4 rings (SSSR count). The van der Waals surface area contributed by atoms with Crippen molar-refractivity contribution in [1.82, 2.24) is 19.9 Å². The average molecular weight is 387 g/mol. The van der Waals surface area contributed by atoms with Gasteiger partial charge in [0.05, 0.1) is 11.4 Å². The number of hydrogen-bond acceptors (Lipinski definition) is 5. The number of anilines is 1. The Kier molecular flexibility index (Phi) is 5.91. The van der Waals surface area contributed by atoms with Gasteiger partial charge >= 0.3 is 0 Å². The highest BCUT2D eigenvalue weighted by atomic mass is 16.1. The Hall–Kier alpha value is -3.12. The summed E-state index contributed by atoms with van der Waals surface area (Å²) in [5.74, 6) is 0.244. The highest BCUT2D eigenvalue weighted by Crippen LogP contribution is 2.33. The van der Waals surface area contributed by atoms with E-state index >= 15 is 0 Å². The Balaban J connectivity index is 1.57. The molecule has 0 bridgehead atoms. The van der Waals surface area contributed by atoms with Crippen molar-refractivity contribution in [2.45, 2.75) is 32.2 Å². The Morgan fingerprint density at radius 3 is 2.90 bits per heavy atom. The number of hydrogen-bond donors (Lipinski definition) is 1. The third kappa shape index (κ3) is 4.84. The number of nitrogens with zero attached hydrogens (tertiary/aromatic N) is 4. The molecule has 0 saturated carbocycles. The van der Waals surface area contributed by atoms with Crippen LogP contribution in [-0.4, -0.2) is 38.8 Å². The lowest BCUT2D eigenvalue weighted by atomic mass is 9.91. The molecule has 2 aromatic heterocycles. The minimum atomic E-state index is -0.0835. The van der Waals surface area contributed by atoms with E-state index in [2.05, 4.69) is 26.3 Å². The van der Waals surface area contributed by atoms with Crippen LogP contribution in [-0.2, 0) is 11.3 Å². The van der Waals surface area contributed by atoms with Crippen molar-refractivity contribution in [3.8, 4) is 11.3 Å². The molecule has 1 atom stereocenters. The predicted molar refractivity (Wildman–Crippen MR) is 113 cm³/mol. The normalized spacial score (nSPS) is 17.1. The van der Waals surface area contributed by atoms with Crippen molar-refractivity contribution in [2.75, 3.05) is 18.4 Å². The summed E-state index contributed by atoms with van der Waals surface area (Å²) in [4.78, 5) is 27.5. The Morgan fingerprint density at radius 1 is 1.17 bits per heavy atom. The summed E-state index contributed by atoms with van der Waals surface area (Å²) in [6.07, 6.45) is 9.48. The molecule has 29 heavy (non-hydrogen) atoms. The molecule has 1 aromatic carbocycles. The van der Waals surface area contributed by atoms with Crippen LogP contribution in [0, 0.1) is 0 Å². The molecular weight excluding hydrogens is 362 g/mol. The van der Waals surface area contributed by atoms with E-state index in [9.17, 15) is 4.79 Å². The van der Waals surface area contributed by atoms with Crippen molar-refractivity contribution in [3.05, 3.63) is 72.4 Å². The average Bonchev–Trinajstić information content (AvgIpc) is 2.74. The van der Waals surface area contributed by atoms with Crippen molar-refractivity contribution in [3.63, 3.8) is 0 Å². The lowest BCUT2D eigenvalue weighted by molar-refractivity contribution is -0.114. The fourth-order valence-electron chi connectivity index (χ4n) is 3.99. The second-order valence-electron chi connectivity index (χ2n) is 7.49. The number of rotatable bonds is 5. The van der Waals surface area contributed by atoms with E-state index < -0.39 is 0 Å². The van der Waals surface area contributed by atoms with Crippen LogP contribution in [0.15, 0.2) is 61.2 Å². The zero-order valence-corrected chi connectivity index (χ0v) is 16.6. The zero-order valence-electron chi connectivity index (χ0n) is 16.6. The predicted octanol–water partition coefficient (Wildman–Crippen LogP) is 3.88. The SMILES string of the molecule is CC(=O)Nc1cccc(-c2nccnc2C2CCCN(Cc3cccnc3)C2)c1. The molecule has 6 nitrogen and oxygen atoms in total. The molecule has 0 aliphatic carbocycles. The number of nitrogens with one attached hydrogen (secondary N) is 1. The van der Waals surface area contributed by atoms with E-state index in [0.29, 0.717) is 5.92 Å². The van der Waals surface area contributed by atoms with Crippen molar-refractivity contribution in [2.24, 2.45) is 0 Å². The van der Waals surface area contributed by atoms with Crippen LogP contribution in [0.5, 0.6) is 0 Å². The van der Waals surface area contributed by atoms with Crippen molar-refractivity contribution >= 4 is 11.6 Å². The highest BCUT2D eigenvalue weighted by Gasteiger charge is 2.25. The Bertz CT molecular complexity index is 976. The quantitative estimate of drug-likeness (QED) is 0.719. The largest absolute Gasteiger partial charge is 0.326 e. The molecule has 148 valence electrons. The first-order valence-corrected chi connectivity index (χ1v) is 9.99. The molecule has 1 aliphatic rings. The first-order chi connectivity index (χ1) is 14.2. The number of likely N-dealkylation sites (tertiary alicyclic amines) is 1. The third-order valence-corrected chi connectivity index (χ3v) is 5.20. The van der Waals surface area contributed by atoms with Crippen LogP contribution in [0.3, 0.4) is 0 Å². The first kappa shape index (κ1) is 19.2. The monoisotopic (exact) mass is 387 g/mol. The molecule has 1 aliphatic heterocycles. The molecular formula is C23H25N5O. The smallest absolute Gasteiger partial charge is 0.221 e. The van der Waals surface area contributed by atoms with Gasteiger partial charge in [-0.2, -0.15) is 0 Å². The molecule has 3 aromatic rings. The van der Waals surface area contributed by atoms with E-state index in [1.807, 2.05) is 42.7 Å². The fraction of sp³-hybridized carbons (Fsp3) is 0.304. The van der Waals surface area contributed by atoms with Crippen molar-refractivity contribution in [1.29, 1.82) is 0 Å². The maximum Gasteiger partial charge on any atom is 0.221 e. The Morgan fingerprint density at radius 2 is 2.07 bits per heavy atom.